The molecule has 0 radical (unpaired) electrons. The summed E-state index contributed by atoms with van der Waals surface area (Å²) in [5.74, 6) is 7.06. The van der Waals surface area contributed by atoms with Gasteiger partial charge in [-0.3, -0.25) is 0 Å². The van der Waals surface area contributed by atoms with Gasteiger partial charge in [-0.25, -0.2) is 0 Å². The summed E-state index contributed by atoms with van der Waals surface area (Å²) in [6.07, 6.45) is 5.15. The summed E-state index contributed by atoms with van der Waals surface area (Å²) in [5, 5.41) is 3.61. The highest BCUT2D eigenvalue weighted by Crippen LogP contribution is 2.44. The third-order valence-electron chi connectivity index (χ3n) is 3.79. The van der Waals surface area contributed by atoms with Gasteiger partial charge in [-0.15, -0.1) is 11.8 Å². The van der Waals surface area contributed by atoms with Crippen LogP contribution in [0.4, 0.5) is 0 Å². The summed E-state index contributed by atoms with van der Waals surface area (Å²) in [4.78, 5) is 0. The molecular formula is C14H25N. The molecule has 1 saturated carbocycles. The van der Waals surface area contributed by atoms with Crippen molar-refractivity contribution in [3.63, 3.8) is 0 Å². The third kappa shape index (κ3) is 3.24. The van der Waals surface area contributed by atoms with Crippen LogP contribution in [0.25, 0.3) is 0 Å². The van der Waals surface area contributed by atoms with Gasteiger partial charge in [0.1, 0.15) is 0 Å². The van der Waals surface area contributed by atoms with E-state index in [0.717, 1.165) is 18.9 Å². The average molecular weight is 207 g/mol. The molecule has 0 amide bonds. The van der Waals surface area contributed by atoms with Crippen LogP contribution in [0.3, 0.4) is 0 Å². The maximum absolute atomic E-state index is 3.61. The zero-order chi connectivity index (χ0) is 11.3. The lowest BCUT2D eigenvalue weighted by Crippen LogP contribution is -2.40. The summed E-state index contributed by atoms with van der Waals surface area (Å²) in [6.45, 7) is 10.0. The van der Waals surface area contributed by atoms with Gasteiger partial charge in [0.25, 0.3) is 0 Å². The highest BCUT2D eigenvalue weighted by molar-refractivity contribution is 5.02. The molecule has 1 aliphatic carbocycles. The molecule has 1 aliphatic rings. The summed E-state index contributed by atoms with van der Waals surface area (Å²) >= 11 is 0. The Morgan fingerprint density at radius 1 is 1.47 bits per heavy atom. The molecule has 0 aromatic carbocycles. The largest absolute Gasteiger partial charge is 0.313 e. The van der Waals surface area contributed by atoms with Crippen molar-refractivity contribution in [1.29, 1.82) is 0 Å². The van der Waals surface area contributed by atoms with Crippen molar-refractivity contribution >= 4 is 0 Å². The lowest BCUT2D eigenvalue weighted by Gasteiger charge is -2.33. The molecule has 1 nitrogen and oxygen atoms in total. The van der Waals surface area contributed by atoms with Crippen LogP contribution < -0.4 is 5.32 Å². The Balaban J connectivity index is 2.64. The maximum Gasteiger partial charge on any atom is 0.0246 e. The van der Waals surface area contributed by atoms with Crippen molar-refractivity contribution in [2.75, 3.05) is 6.54 Å². The minimum atomic E-state index is 0.502. The first kappa shape index (κ1) is 12.6. The van der Waals surface area contributed by atoms with Gasteiger partial charge in [-0.2, -0.15) is 0 Å². The second-order valence-corrected chi connectivity index (χ2v) is 5.28. The fourth-order valence-corrected chi connectivity index (χ4v) is 2.93. The summed E-state index contributed by atoms with van der Waals surface area (Å²) in [5.41, 5.74) is 0.502. The molecule has 1 fully saturated rings. The third-order valence-corrected chi connectivity index (χ3v) is 3.79. The van der Waals surface area contributed by atoms with Gasteiger partial charge < -0.3 is 5.32 Å². The Morgan fingerprint density at radius 2 is 2.20 bits per heavy atom. The Labute approximate surface area is 95.0 Å². The van der Waals surface area contributed by atoms with Crippen molar-refractivity contribution in [1.82, 2.24) is 5.32 Å². The summed E-state index contributed by atoms with van der Waals surface area (Å²) in [7, 11) is 0. The van der Waals surface area contributed by atoms with Gasteiger partial charge in [-0.1, -0.05) is 27.2 Å². The molecule has 86 valence electrons. The minimum absolute atomic E-state index is 0.502. The molecule has 0 heterocycles. The lowest BCUT2D eigenvalue weighted by molar-refractivity contribution is 0.200. The predicted octanol–water partition coefficient (Wildman–Crippen LogP) is 3.20. The van der Waals surface area contributed by atoms with Crippen molar-refractivity contribution in [3.8, 4) is 11.8 Å². The Kier molecular flexibility index (Phi) is 4.67. The van der Waals surface area contributed by atoms with Gasteiger partial charge in [0, 0.05) is 12.5 Å². The van der Waals surface area contributed by atoms with Crippen molar-refractivity contribution in [3.05, 3.63) is 0 Å². The highest BCUT2D eigenvalue weighted by Gasteiger charge is 2.38. The normalized spacial score (nSPS) is 25.7. The number of nitrogens with one attached hydrogen (secondary N) is 1. The minimum Gasteiger partial charge on any atom is -0.313 e. The van der Waals surface area contributed by atoms with Crippen molar-refractivity contribution in [2.24, 2.45) is 11.3 Å². The molecule has 2 unspecified atom stereocenters. The standard InChI is InChI=1S/C14H25N/c1-5-7-10-13(15-6-2)12-9-8-11-14(12,3)4/h12-13,15H,6,8-11H2,1-4H3. The Morgan fingerprint density at radius 3 is 2.67 bits per heavy atom. The quantitative estimate of drug-likeness (QED) is 0.698. The van der Waals surface area contributed by atoms with E-state index >= 15 is 0 Å². The van der Waals surface area contributed by atoms with Crippen LogP contribution in [0, 0.1) is 23.2 Å². The molecule has 2 atom stereocenters. The smallest absolute Gasteiger partial charge is 0.0246 e. The zero-order valence-corrected chi connectivity index (χ0v) is 10.7. The van der Waals surface area contributed by atoms with Crippen LogP contribution in [-0.4, -0.2) is 12.6 Å². The number of hydrogen-bond acceptors (Lipinski definition) is 1. The first-order chi connectivity index (χ1) is 7.11. The molecule has 1 N–H and O–H groups in total. The monoisotopic (exact) mass is 207 g/mol. The molecule has 0 spiro atoms. The van der Waals surface area contributed by atoms with Crippen molar-refractivity contribution in [2.45, 2.75) is 59.4 Å². The molecular weight excluding hydrogens is 182 g/mol. The molecule has 0 saturated heterocycles. The van der Waals surface area contributed by atoms with E-state index in [-0.39, 0.29) is 0 Å². The van der Waals surface area contributed by atoms with E-state index in [9.17, 15) is 0 Å². The highest BCUT2D eigenvalue weighted by atomic mass is 14.9. The fourth-order valence-electron chi connectivity index (χ4n) is 2.93. The second-order valence-electron chi connectivity index (χ2n) is 5.28. The lowest BCUT2D eigenvalue weighted by atomic mass is 9.76. The van der Waals surface area contributed by atoms with Crippen LogP contribution in [0.1, 0.15) is 53.4 Å². The van der Waals surface area contributed by atoms with Gasteiger partial charge in [0.05, 0.1) is 0 Å². The van der Waals surface area contributed by atoms with E-state index in [1.165, 1.54) is 19.3 Å². The van der Waals surface area contributed by atoms with E-state index in [0.29, 0.717) is 11.5 Å². The van der Waals surface area contributed by atoms with Crippen LogP contribution in [0.15, 0.2) is 0 Å². The van der Waals surface area contributed by atoms with Gasteiger partial charge in [0.2, 0.25) is 0 Å². The van der Waals surface area contributed by atoms with Crippen molar-refractivity contribution < 1.29 is 0 Å². The first-order valence-electron chi connectivity index (χ1n) is 6.24. The molecule has 15 heavy (non-hydrogen) atoms. The molecule has 0 aromatic heterocycles. The summed E-state index contributed by atoms with van der Waals surface area (Å²) < 4.78 is 0. The summed E-state index contributed by atoms with van der Waals surface area (Å²) in [6, 6.07) is 0.597. The molecule has 0 bridgehead atoms. The maximum atomic E-state index is 3.61. The number of rotatable bonds is 4. The van der Waals surface area contributed by atoms with E-state index < -0.39 is 0 Å². The topological polar surface area (TPSA) is 12.0 Å². The Bertz CT molecular complexity index is 244. The van der Waals surface area contributed by atoms with Crippen LogP contribution in [0.5, 0.6) is 0 Å². The van der Waals surface area contributed by atoms with Crippen LogP contribution in [0.2, 0.25) is 0 Å². The SMILES string of the molecule is CC#CCC(NCC)C1CCCC1(C)C. The van der Waals surface area contributed by atoms with Gasteiger partial charge in [0.15, 0.2) is 0 Å². The van der Waals surface area contributed by atoms with Gasteiger partial charge >= 0.3 is 0 Å². The van der Waals surface area contributed by atoms with Gasteiger partial charge in [-0.05, 0) is 37.6 Å². The van der Waals surface area contributed by atoms with E-state index in [1.807, 2.05) is 6.92 Å². The second kappa shape index (κ2) is 5.56. The molecule has 1 heteroatoms. The van der Waals surface area contributed by atoms with E-state index in [2.05, 4.69) is 37.9 Å². The van der Waals surface area contributed by atoms with E-state index in [1.54, 1.807) is 0 Å². The van der Waals surface area contributed by atoms with Crippen LogP contribution >= 0.6 is 0 Å². The fraction of sp³-hybridized carbons (Fsp3) is 0.857. The Hall–Kier alpha value is -0.480. The average Bonchev–Trinajstić information content (AvgIpc) is 2.53. The molecule has 0 aliphatic heterocycles. The van der Waals surface area contributed by atoms with Crippen LogP contribution in [-0.2, 0) is 0 Å². The van der Waals surface area contributed by atoms with E-state index in [4.69, 9.17) is 0 Å². The first-order valence-corrected chi connectivity index (χ1v) is 6.24. The zero-order valence-electron chi connectivity index (χ0n) is 10.7. The molecule has 0 aromatic rings. The number of hydrogen-bond donors (Lipinski definition) is 1. The predicted molar refractivity (Wildman–Crippen MR) is 66.7 cm³/mol. The molecule has 1 rings (SSSR count).